The maximum Gasteiger partial charge on any atom is 0.352 e. The van der Waals surface area contributed by atoms with E-state index in [1.807, 2.05) is 18.2 Å². The van der Waals surface area contributed by atoms with Crippen molar-refractivity contribution < 1.29 is 9.90 Å². The van der Waals surface area contributed by atoms with Gasteiger partial charge >= 0.3 is 5.97 Å². The lowest BCUT2D eigenvalue weighted by Crippen LogP contribution is -2.05. The zero-order valence-corrected chi connectivity index (χ0v) is 12.1. The number of hydrogen-bond acceptors (Lipinski definition) is 1. The van der Waals surface area contributed by atoms with E-state index in [1.165, 1.54) is 0 Å². The van der Waals surface area contributed by atoms with Gasteiger partial charge in [-0.15, -0.1) is 0 Å². The number of halogens is 2. The molecule has 2 aromatic rings. The highest BCUT2D eigenvalue weighted by atomic mass is 79.9. The fourth-order valence-electron chi connectivity index (χ4n) is 1.69. The summed E-state index contributed by atoms with van der Waals surface area (Å²) in [7, 11) is 1.74. The molecule has 0 aliphatic heterocycles. The topological polar surface area (TPSA) is 42.2 Å². The second-order valence-electron chi connectivity index (χ2n) is 3.59. The second-order valence-corrected chi connectivity index (χ2v) is 5.36. The fourth-order valence-corrected chi connectivity index (χ4v) is 2.94. The minimum atomic E-state index is -0.924. The van der Waals surface area contributed by atoms with Gasteiger partial charge in [-0.25, -0.2) is 4.79 Å². The lowest BCUT2D eigenvalue weighted by molar-refractivity contribution is 0.0687. The molecule has 0 bridgehead atoms. The highest BCUT2D eigenvalue weighted by Gasteiger charge is 2.13. The van der Waals surface area contributed by atoms with Crippen molar-refractivity contribution in [1.82, 2.24) is 4.57 Å². The van der Waals surface area contributed by atoms with Crippen molar-refractivity contribution in [3.8, 4) is 11.3 Å². The summed E-state index contributed by atoms with van der Waals surface area (Å²) in [6.45, 7) is 0. The van der Waals surface area contributed by atoms with E-state index >= 15 is 0 Å². The van der Waals surface area contributed by atoms with Gasteiger partial charge in [-0.1, -0.05) is 37.9 Å². The minimum absolute atomic E-state index is 0.273. The summed E-state index contributed by atoms with van der Waals surface area (Å²) in [6.07, 6.45) is 0. The van der Waals surface area contributed by atoms with Crippen LogP contribution in [0.3, 0.4) is 0 Å². The van der Waals surface area contributed by atoms with Crippen LogP contribution in [0.15, 0.2) is 39.3 Å². The summed E-state index contributed by atoms with van der Waals surface area (Å²) in [5, 5.41) is 9.00. The van der Waals surface area contributed by atoms with Crippen LogP contribution >= 0.6 is 31.9 Å². The molecule has 17 heavy (non-hydrogen) atoms. The fraction of sp³-hybridized carbons (Fsp3) is 0.0833. The molecule has 0 fully saturated rings. The molecule has 0 aliphatic carbocycles. The summed E-state index contributed by atoms with van der Waals surface area (Å²) in [4.78, 5) is 11.0. The summed E-state index contributed by atoms with van der Waals surface area (Å²) in [5.74, 6) is -0.924. The zero-order chi connectivity index (χ0) is 12.6. The van der Waals surface area contributed by atoms with Gasteiger partial charge in [0.25, 0.3) is 0 Å². The molecule has 0 amide bonds. The molecule has 0 unspecified atom stereocenters. The Morgan fingerprint density at radius 1 is 1.24 bits per heavy atom. The maximum atomic E-state index is 11.0. The molecule has 1 heterocycles. The third kappa shape index (κ3) is 2.30. The molecule has 0 saturated carbocycles. The van der Waals surface area contributed by atoms with Gasteiger partial charge in [0, 0.05) is 27.3 Å². The molecule has 3 nitrogen and oxygen atoms in total. The summed E-state index contributed by atoms with van der Waals surface area (Å²) < 4.78 is 3.56. The molecule has 1 N–H and O–H groups in total. The van der Waals surface area contributed by atoms with Crippen molar-refractivity contribution in [3.63, 3.8) is 0 Å². The first-order chi connectivity index (χ1) is 8.00. The Morgan fingerprint density at radius 2 is 1.94 bits per heavy atom. The first-order valence-electron chi connectivity index (χ1n) is 4.85. The molecule has 0 radical (unpaired) electrons. The maximum absolute atomic E-state index is 11.0. The van der Waals surface area contributed by atoms with Gasteiger partial charge in [0.2, 0.25) is 0 Å². The predicted molar refractivity (Wildman–Crippen MR) is 73.2 cm³/mol. The van der Waals surface area contributed by atoms with Crippen LogP contribution in [-0.2, 0) is 7.05 Å². The van der Waals surface area contributed by atoms with Gasteiger partial charge in [-0.3, -0.25) is 0 Å². The molecule has 5 heteroatoms. The van der Waals surface area contributed by atoms with Gasteiger partial charge in [0.05, 0.1) is 0 Å². The van der Waals surface area contributed by atoms with Crippen LogP contribution < -0.4 is 0 Å². The van der Waals surface area contributed by atoms with Gasteiger partial charge in [-0.2, -0.15) is 0 Å². The van der Waals surface area contributed by atoms with Crippen molar-refractivity contribution in [2.24, 2.45) is 7.05 Å². The van der Waals surface area contributed by atoms with Gasteiger partial charge in [0.1, 0.15) is 5.69 Å². The van der Waals surface area contributed by atoms with Crippen LogP contribution in [0.25, 0.3) is 11.3 Å². The number of aromatic nitrogens is 1. The van der Waals surface area contributed by atoms with E-state index in [2.05, 4.69) is 31.9 Å². The number of nitrogens with zero attached hydrogens (tertiary/aromatic N) is 1. The Kier molecular flexibility index (Phi) is 3.40. The van der Waals surface area contributed by atoms with Gasteiger partial charge in [-0.05, 0) is 24.3 Å². The van der Waals surface area contributed by atoms with Crippen LogP contribution in [0, 0.1) is 0 Å². The number of carboxylic acid groups (broad SMARTS) is 1. The molecular weight excluding hydrogens is 350 g/mol. The predicted octanol–water partition coefficient (Wildman–Crippen LogP) is 3.92. The van der Waals surface area contributed by atoms with Gasteiger partial charge < -0.3 is 9.67 Å². The highest BCUT2D eigenvalue weighted by Crippen LogP contribution is 2.31. The molecule has 0 saturated heterocycles. The Labute approximate surface area is 115 Å². The van der Waals surface area contributed by atoms with Crippen LogP contribution in [-0.4, -0.2) is 15.6 Å². The van der Waals surface area contributed by atoms with E-state index in [-0.39, 0.29) is 5.69 Å². The van der Waals surface area contributed by atoms with Crippen molar-refractivity contribution in [2.45, 2.75) is 0 Å². The van der Waals surface area contributed by atoms with Crippen LogP contribution in [0.5, 0.6) is 0 Å². The molecule has 0 atom stereocenters. The third-order valence-electron chi connectivity index (χ3n) is 2.55. The third-order valence-corrected chi connectivity index (χ3v) is 3.70. The Hall–Kier alpha value is -1.07. The number of aromatic carboxylic acids is 1. The quantitative estimate of drug-likeness (QED) is 0.884. The first kappa shape index (κ1) is 12.4. The molecule has 0 spiro atoms. The van der Waals surface area contributed by atoms with Crippen molar-refractivity contribution in [3.05, 3.63) is 45.0 Å². The smallest absolute Gasteiger partial charge is 0.352 e. The number of benzene rings is 1. The normalized spacial score (nSPS) is 10.5. The van der Waals surface area contributed by atoms with E-state index < -0.39 is 5.97 Å². The van der Waals surface area contributed by atoms with Gasteiger partial charge in [0.15, 0.2) is 0 Å². The lowest BCUT2D eigenvalue weighted by Gasteiger charge is -2.08. The number of carbonyl (C=O) groups is 1. The van der Waals surface area contributed by atoms with E-state index in [1.54, 1.807) is 23.7 Å². The highest BCUT2D eigenvalue weighted by molar-refractivity contribution is 9.11. The monoisotopic (exact) mass is 357 g/mol. The Bertz CT molecular complexity index is 590. The molecule has 2 rings (SSSR count). The summed E-state index contributed by atoms with van der Waals surface area (Å²) >= 11 is 6.86. The first-order valence-corrected chi connectivity index (χ1v) is 6.43. The lowest BCUT2D eigenvalue weighted by atomic mass is 10.1. The van der Waals surface area contributed by atoms with E-state index in [0.717, 1.165) is 20.2 Å². The Morgan fingerprint density at radius 3 is 2.47 bits per heavy atom. The molecule has 88 valence electrons. The number of carboxylic acids is 1. The molecule has 1 aromatic carbocycles. The average molecular weight is 359 g/mol. The summed E-state index contributed by atoms with van der Waals surface area (Å²) in [5.41, 5.74) is 2.10. The zero-order valence-electron chi connectivity index (χ0n) is 8.95. The number of hydrogen-bond donors (Lipinski definition) is 1. The number of rotatable bonds is 2. The molecular formula is C12H9Br2NO2. The van der Waals surface area contributed by atoms with Crippen LogP contribution in [0.1, 0.15) is 10.5 Å². The molecule has 0 aliphatic rings. The van der Waals surface area contributed by atoms with Crippen molar-refractivity contribution in [2.75, 3.05) is 0 Å². The van der Waals surface area contributed by atoms with Crippen LogP contribution in [0.4, 0.5) is 0 Å². The minimum Gasteiger partial charge on any atom is -0.477 e. The largest absolute Gasteiger partial charge is 0.477 e. The average Bonchev–Trinajstić information content (AvgIpc) is 2.60. The van der Waals surface area contributed by atoms with Crippen molar-refractivity contribution >= 4 is 37.8 Å². The van der Waals surface area contributed by atoms with E-state index in [9.17, 15) is 4.79 Å². The van der Waals surface area contributed by atoms with E-state index in [0.29, 0.717) is 0 Å². The van der Waals surface area contributed by atoms with E-state index in [4.69, 9.17) is 5.11 Å². The second kappa shape index (κ2) is 4.66. The summed E-state index contributed by atoms with van der Waals surface area (Å²) in [6, 6.07) is 9.20. The Balaban J connectivity index is 2.57. The standard InChI is InChI=1S/C12H9Br2NO2/c1-15-10(4-5-11(15)12(16)17)8-3-2-7(13)6-9(8)14/h2-6H,1H3,(H,16,17). The van der Waals surface area contributed by atoms with Crippen LogP contribution in [0.2, 0.25) is 0 Å². The molecule has 1 aromatic heterocycles. The SMILES string of the molecule is Cn1c(C(=O)O)ccc1-c1ccc(Br)cc1Br. The van der Waals surface area contributed by atoms with Crippen molar-refractivity contribution in [1.29, 1.82) is 0 Å².